The maximum absolute atomic E-state index is 11.9. The summed E-state index contributed by atoms with van der Waals surface area (Å²) in [7, 11) is -3.16. The van der Waals surface area contributed by atoms with Gasteiger partial charge in [0, 0.05) is 39.0 Å². The Morgan fingerprint density at radius 1 is 1.14 bits per heavy atom. The second-order valence-electron chi connectivity index (χ2n) is 5.26. The van der Waals surface area contributed by atoms with E-state index >= 15 is 0 Å². The number of hydrogen-bond donors (Lipinski definition) is 2. The van der Waals surface area contributed by atoms with Gasteiger partial charge in [0.25, 0.3) is 0 Å². The van der Waals surface area contributed by atoms with Gasteiger partial charge < -0.3 is 10.6 Å². The van der Waals surface area contributed by atoms with Crippen molar-refractivity contribution in [2.24, 2.45) is 5.92 Å². The molecule has 0 atom stereocenters. The van der Waals surface area contributed by atoms with E-state index in [0.29, 0.717) is 45.4 Å². The lowest BCUT2D eigenvalue weighted by molar-refractivity contribution is -0.126. The fourth-order valence-electron chi connectivity index (χ4n) is 2.35. The highest BCUT2D eigenvalue weighted by atomic mass is 32.2. The minimum Gasteiger partial charge on any atom is -0.355 e. The van der Waals surface area contributed by atoms with Gasteiger partial charge in [-0.15, -0.1) is 0 Å². The van der Waals surface area contributed by atoms with E-state index < -0.39 is 10.0 Å². The maximum Gasteiger partial charge on any atom is 0.223 e. The average Bonchev–Trinajstić information content (AvgIpc) is 2.43. The van der Waals surface area contributed by atoms with Crippen molar-refractivity contribution in [1.82, 2.24) is 14.9 Å². The van der Waals surface area contributed by atoms with Gasteiger partial charge in [0.1, 0.15) is 0 Å². The number of rotatable bonds is 7. The van der Waals surface area contributed by atoms with Crippen LogP contribution in [-0.2, 0) is 19.6 Å². The molecule has 8 heteroatoms. The Bertz CT molecular complexity index is 456. The molecule has 21 heavy (non-hydrogen) atoms. The lowest BCUT2D eigenvalue weighted by atomic mass is 9.97. The predicted molar refractivity (Wildman–Crippen MR) is 80.1 cm³/mol. The molecule has 0 aromatic rings. The van der Waals surface area contributed by atoms with Crippen LogP contribution in [0.2, 0.25) is 0 Å². The number of carbonyl (C=O) groups excluding carboxylic acids is 2. The molecule has 0 saturated carbocycles. The molecule has 0 spiro atoms. The summed E-state index contributed by atoms with van der Waals surface area (Å²) in [6.45, 7) is 4.89. The van der Waals surface area contributed by atoms with E-state index in [0.717, 1.165) is 0 Å². The number of nitrogens with zero attached hydrogens (tertiary/aromatic N) is 1. The highest BCUT2D eigenvalue weighted by Gasteiger charge is 2.30. The number of sulfonamides is 1. The van der Waals surface area contributed by atoms with Crippen LogP contribution >= 0.6 is 0 Å². The zero-order valence-electron chi connectivity index (χ0n) is 12.7. The third-order valence-electron chi connectivity index (χ3n) is 3.48. The Kier molecular flexibility index (Phi) is 7.10. The van der Waals surface area contributed by atoms with Crippen molar-refractivity contribution in [3.63, 3.8) is 0 Å². The fourth-order valence-corrected chi connectivity index (χ4v) is 3.89. The van der Waals surface area contributed by atoms with E-state index in [2.05, 4.69) is 10.6 Å². The minimum atomic E-state index is -3.16. The van der Waals surface area contributed by atoms with Crippen LogP contribution in [0.15, 0.2) is 0 Å². The van der Waals surface area contributed by atoms with Gasteiger partial charge in [-0.3, -0.25) is 9.59 Å². The van der Waals surface area contributed by atoms with Crippen molar-refractivity contribution in [2.45, 2.75) is 33.1 Å². The van der Waals surface area contributed by atoms with Crippen LogP contribution in [0.3, 0.4) is 0 Å². The van der Waals surface area contributed by atoms with Gasteiger partial charge in [0.15, 0.2) is 0 Å². The van der Waals surface area contributed by atoms with Crippen molar-refractivity contribution in [3.8, 4) is 0 Å². The molecule has 2 N–H and O–H groups in total. The van der Waals surface area contributed by atoms with Crippen molar-refractivity contribution in [3.05, 3.63) is 0 Å². The van der Waals surface area contributed by atoms with Gasteiger partial charge in [0.05, 0.1) is 5.75 Å². The smallest absolute Gasteiger partial charge is 0.223 e. The van der Waals surface area contributed by atoms with Crippen LogP contribution in [0.4, 0.5) is 0 Å². The fraction of sp³-hybridized carbons (Fsp3) is 0.846. The summed E-state index contributed by atoms with van der Waals surface area (Å²) >= 11 is 0. The van der Waals surface area contributed by atoms with Gasteiger partial charge in [-0.05, 0) is 19.3 Å². The monoisotopic (exact) mass is 319 g/mol. The lowest BCUT2D eigenvalue weighted by Crippen LogP contribution is -2.44. The van der Waals surface area contributed by atoms with Gasteiger partial charge in [-0.2, -0.15) is 0 Å². The van der Waals surface area contributed by atoms with Gasteiger partial charge in [-0.25, -0.2) is 12.7 Å². The summed E-state index contributed by atoms with van der Waals surface area (Å²) in [5, 5.41) is 5.37. The molecule has 0 radical (unpaired) electrons. The van der Waals surface area contributed by atoms with Crippen LogP contribution in [0.5, 0.6) is 0 Å². The Hall–Kier alpha value is -1.15. The maximum atomic E-state index is 11.9. The molecule has 1 heterocycles. The molecule has 0 unspecified atom stereocenters. The summed E-state index contributed by atoms with van der Waals surface area (Å²) in [6, 6.07) is 0. The molecule has 1 aliphatic rings. The highest BCUT2D eigenvalue weighted by Crippen LogP contribution is 2.20. The number of hydrogen-bond acceptors (Lipinski definition) is 4. The summed E-state index contributed by atoms with van der Waals surface area (Å²) in [6.07, 6.45) is 1.70. The largest absolute Gasteiger partial charge is 0.355 e. The van der Waals surface area contributed by atoms with E-state index in [4.69, 9.17) is 0 Å². The molecule has 0 aromatic heterocycles. The van der Waals surface area contributed by atoms with Crippen LogP contribution in [0, 0.1) is 5.92 Å². The third-order valence-corrected chi connectivity index (χ3v) is 5.55. The SMILES string of the molecule is CCCS(=O)(=O)N1CCC(C(=O)NCCNC(C)=O)CC1. The van der Waals surface area contributed by atoms with Crippen LogP contribution in [0.25, 0.3) is 0 Å². The second-order valence-corrected chi connectivity index (χ2v) is 7.35. The van der Waals surface area contributed by atoms with E-state index in [1.165, 1.54) is 11.2 Å². The van der Waals surface area contributed by atoms with E-state index in [-0.39, 0.29) is 23.5 Å². The van der Waals surface area contributed by atoms with Crippen molar-refractivity contribution in [2.75, 3.05) is 31.9 Å². The summed E-state index contributed by atoms with van der Waals surface area (Å²) < 4.78 is 25.3. The van der Waals surface area contributed by atoms with Crippen molar-refractivity contribution in [1.29, 1.82) is 0 Å². The highest BCUT2D eigenvalue weighted by molar-refractivity contribution is 7.89. The standard InChI is InChI=1S/C13H25N3O4S/c1-3-10-21(19,20)16-8-4-12(5-9-16)13(18)15-7-6-14-11(2)17/h12H,3-10H2,1-2H3,(H,14,17)(H,15,18). The molecule has 0 bridgehead atoms. The molecule has 0 aromatic carbocycles. The van der Waals surface area contributed by atoms with E-state index in [1.807, 2.05) is 6.92 Å². The first kappa shape index (κ1) is 17.9. The van der Waals surface area contributed by atoms with Gasteiger partial charge in [-0.1, -0.05) is 6.92 Å². The molecule has 1 fully saturated rings. The van der Waals surface area contributed by atoms with Crippen molar-refractivity contribution >= 4 is 21.8 Å². The van der Waals surface area contributed by atoms with Gasteiger partial charge >= 0.3 is 0 Å². The summed E-state index contributed by atoms with van der Waals surface area (Å²) in [4.78, 5) is 22.6. The zero-order chi connectivity index (χ0) is 15.9. The topological polar surface area (TPSA) is 95.6 Å². The molecule has 0 aliphatic carbocycles. The Morgan fingerprint density at radius 2 is 1.71 bits per heavy atom. The normalized spacial score (nSPS) is 17.4. The van der Waals surface area contributed by atoms with E-state index in [1.54, 1.807) is 0 Å². The van der Waals surface area contributed by atoms with Crippen molar-refractivity contribution < 1.29 is 18.0 Å². The number of nitrogens with one attached hydrogen (secondary N) is 2. The summed E-state index contributed by atoms with van der Waals surface area (Å²) in [5.74, 6) is -0.164. The van der Waals surface area contributed by atoms with Gasteiger partial charge in [0.2, 0.25) is 21.8 Å². The lowest BCUT2D eigenvalue weighted by Gasteiger charge is -2.30. The third kappa shape index (κ3) is 6.01. The first-order valence-electron chi connectivity index (χ1n) is 7.36. The molecule has 122 valence electrons. The zero-order valence-corrected chi connectivity index (χ0v) is 13.5. The first-order valence-corrected chi connectivity index (χ1v) is 8.97. The second kappa shape index (κ2) is 8.33. The van der Waals surface area contributed by atoms with Crippen LogP contribution < -0.4 is 10.6 Å². The molecular weight excluding hydrogens is 294 g/mol. The average molecular weight is 319 g/mol. The first-order chi connectivity index (χ1) is 9.86. The Balaban J connectivity index is 2.32. The molecule has 1 aliphatic heterocycles. The Morgan fingerprint density at radius 3 is 2.24 bits per heavy atom. The number of amides is 2. The van der Waals surface area contributed by atoms with Crippen LogP contribution in [0.1, 0.15) is 33.1 Å². The number of piperidine rings is 1. The predicted octanol–water partition coefficient (Wildman–Crippen LogP) is -0.309. The molecule has 1 rings (SSSR count). The molecule has 7 nitrogen and oxygen atoms in total. The molecule has 2 amide bonds. The number of carbonyl (C=O) groups is 2. The Labute approximate surface area is 126 Å². The summed E-state index contributed by atoms with van der Waals surface area (Å²) in [5.41, 5.74) is 0. The quantitative estimate of drug-likeness (QED) is 0.629. The van der Waals surface area contributed by atoms with E-state index in [9.17, 15) is 18.0 Å². The molecular formula is C13H25N3O4S. The minimum absolute atomic E-state index is 0.0621. The molecule has 1 saturated heterocycles. The van der Waals surface area contributed by atoms with Crippen LogP contribution in [-0.4, -0.2) is 56.5 Å².